The van der Waals surface area contributed by atoms with Crippen molar-refractivity contribution in [1.82, 2.24) is 4.98 Å². The topological polar surface area (TPSA) is 93.5 Å². The van der Waals surface area contributed by atoms with E-state index >= 15 is 0 Å². The Balaban J connectivity index is 1.46. The van der Waals surface area contributed by atoms with Gasteiger partial charge in [-0.2, -0.15) is 5.26 Å². The summed E-state index contributed by atoms with van der Waals surface area (Å²) in [5.74, 6) is 1.26. The molecule has 1 amide bonds. The second-order valence-electron chi connectivity index (χ2n) is 6.31. The number of aryl methyl sites for hydroxylation is 1. The van der Waals surface area contributed by atoms with Gasteiger partial charge >= 0.3 is 0 Å². The number of nitriles is 1. The van der Waals surface area contributed by atoms with Crippen LogP contribution in [0.2, 0.25) is 0 Å². The summed E-state index contributed by atoms with van der Waals surface area (Å²) in [6.07, 6.45) is 1.56. The number of pyridine rings is 1. The van der Waals surface area contributed by atoms with Crippen LogP contribution in [0.1, 0.15) is 11.1 Å². The molecular weight excluding hydrogens is 382 g/mol. The number of amides is 1. The fourth-order valence-electron chi connectivity index (χ4n) is 2.60. The minimum atomic E-state index is -0.261. The van der Waals surface area contributed by atoms with E-state index in [2.05, 4.69) is 10.3 Å². The van der Waals surface area contributed by atoms with Gasteiger partial charge in [0, 0.05) is 11.9 Å². The molecule has 1 heterocycles. The van der Waals surface area contributed by atoms with E-state index in [1.54, 1.807) is 36.5 Å². The van der Waals surface area contributed by atoms with Crippen molar-refractivity contribution in [2.24, 2.45) is 0 Å². The maximum atomic E-state index is 12.1. The molecule has 0 atom stereocenters. The van der Waals surface area contributed by atoms with Crippen molar-refractivity contribution >= 4 is 11.6 Å². The van der Waals surface area contributed by atoms with E-state index in [1.807, 2.05) is 43.3 Å². The van der Waals surface area contributed by atoms with Crippen molar-refractivity contribution in [2.75, 3.05) is 25.1 Å². The zero-order valence-electron chi connectivity index (χ0n) is 16.5. The molecule has 152 valence electrons. The minimum Gasteiger partial charge on any atom is -0.491 e. The van der Waals surface area contributed by atoms with E-state index in [4.69, 9.17) is 19.5 Å². The number of benzene rings is 2. The van der Waals surface area contributed by atoms with Crippen LogP contribution in [0, 0.1) is 18.3 Å². The number of anilines is 1. The standard InChI is InChI=1S/C23H21N3O4/c1-17-14-20(30-23-18(15-24)6-5-11-25-23)9-10-21(17)26-22(27)16-28-12-13-29-19-7-3-2-4-8-19/h2-11,14H,12-13,16H2,1H3,(H,26,27). The number of carbonyl (C=O) groups excluding carboxylic acids is 1. The Morgan fingerprint density at radius 3 is 2.67 bits per heavy atom. The van der Waals surface area contributed by atoms with Crippen LogP contribution in [0.15, 0.2) is 66.9 Å². The van der Waals surface area contributed by atoms with E-state index in [0.717, 1.165) is 11.3 Å². The molecule has 0 fully saturated rings. The van der Waals surface area contributed by atoms with E-state index in [-0.39, 0.29) is 18.4 Å². The Morgan fingerprint density at radius 1 is 1.07 bits per heavy atom. The largest absolute Gasteiger partial charge is 0.491 e. The highest BCUT2D eigenvalue weighted by Gasteiger charge is 2.09. The summed E-state index contributed by atoms with van der Waals surface area (Å²) in [6, 6.07) is 20.0. The second-order valence-corrected chi connectivity index (χ2v) is 6.31. The van der Waals surface area contributed by atoms with Gasteiger partial charge in [0.15, 0.2) is 0 Å². The van der Waals surface area contributed by atoms with Gasteiger partial charge in [-0.25, -0.2) is 4.98 Å². The minimum absolute atomic E-state index is 0.0741. The summed E-state index contributed by atoms with van der Waals surface area (Å²) in [7, 11) is 0. The van der Waals surface area contributed by atoms with Crippen molar-refractivity contribution in [2.45, 2.75) is 6.92 Å². The molecule has 0 saturated carbocycles. The van der Waals surface area contributed by atoms with Gasteiger partial charge in [0.05, 0.1) is 6.61 Å². The predicted octanol–water partition coefficient (Wildman–Crippen LogP) is 4.09. The summed E-state index contributed by atoms with van der Waals surface area (Å²) in [6.45, 7) is 2.44. The number of para-hydroxylation sites is 1. The highest BCUT2D eigenvalue weighted by molar-refractivity contribution is 5.92. The zero-order chi connectivity index (χ0) is 21.2. The predicted molar refractivity (Wildman–Crippen MR) is 112 cm³/mol. The van der Waals surface area contributed by atoms with Crippen molar-refractivity contribution in [3.63, 3.8) is 0 Å². The van der Waals surface area contributed by atoms with Gasteiger partial charge in [-0.1, -0.05) is 18.2 Å². The van der Waals surface area contributed by atoms with Crippen molar-refractivity contribution in [1.29, 1.82) is 5.26 Å². The van der Waals surface area contributed by atoms with Gasteiger partial charge in [0.2, 0.25) is 11.8 Å². The molecule has 1 N–H and O–H groups in total. The SMILES string of the molecule is Cc1cc(Oc2ncccc2C#N)ccc1NC(=O)COCCOc1ccccc1. The van der Waals surface area contributed by atoms with E-state index < -0.39 is 0 Å². The Hall–Kier alpha value is -3.89. The van der Waals surface area contributed by atoms with Gasteiger partial charge in [-0.15, -0.1) is 0 Å². The summed E-state index contributed by atoms with van der Waals surface area (Å²) in [4.78, 5) is 16.2. The lowest BCUT2D eigenvalue weighted by Crippen LogP contribution is -2.20. The number of aromatic nitrogens is 1. The van der Waals surface area contributed by atoms with Gasteiger partial charge in [-0.3, -0.25) is 4.79 Å². The van der Waals surface area contributed by atoms with Crippen LogP contribution in [-0.4, -0.2) is 30.7 Å². The molecule has 0 radical (unpaired) electrons. The molecule has 0 saturated heterocycles. The lowest BCUT2D eigenvalue weighted by molar-refractivity contribution is -0.120. The molecule has 1 aromatic heterocycles. The van der Waals surface area contributed by atoms with E-state index in [9.17, 15) is 4.79 Å². The van der Waals surface area contributed by atoms with Crippen molar-refractivity contribution < 1.29 is 19.0 Å². The summed E-state index contributed by atoms with van der Waals surface area (Å²) >= 11 is 0. The fourth-order valence-corrected chi connectivity index (χ4v) is 2.60. The Kier molecular flexibility index (Phi) is 7.36. The molecule has 2 aromatic carbocycles. The van der Waals surface area contributed by atoms with Crippen LogP contribution in [0.4, 0.5) is 5.69 Å². The molecule has 0 aliphatic rings. The third-order valence-corrected chi connectivity index (χ3v) is 4.05. The number of nitrogens with zero attached hydrogens (tertiary/aromatic N) is 2. The van der Waals surface area contributed by atoms with Crippen molar-refractivity contribution in [3.05, 3.63) is 78.0 Å². The molecule has 7 heteroatoms. The average molecular weight is 403 g/mol. The van der Waals surface area contributed by atoms with Gasteiger partial charge in [0.25, 0.3) is 0 Å². The first-order valence-electron chi connectivity index (χ1n) is 9.35. The van der Waals surface area contributed by atoms with Gasteiger partial charge in [-0.05, 0) is 55.0 Å². The fraction of sp³-hybridized carbons (Fsp3) is 0.174. The summed E-state index contributed by atoms with van der Waals surface area (Å²) in [5, 5.41) is 11.9. The maximum absolute atomic E-state index is 12.1. The Bertz CT molecular complexity index is 1030. The van der Waals surface area contributed by atoms with Crippen molar-refractivity contribution in [3.8, 4) is 23.4 Å². The average Bonchev–Trinajstić information content (AvgIpc) is 2.76. The summed E-state index contributed by atoms with van der Waals surface area (Å²) < 4.78 is 16.5. The Labute approximate surface area is 174 Å². The third kappa shape index (κ3) is 6.06. The van der Waals surface area contributed by atoms with Crippen LogP contribution in [0.25, 0.3) is 0 Å². The van der Waals surface area contributed by atoms with Gasteiger partial charge < -0.3 is 19.5 Å². The first-order valence-corrected chi connectivity index (χ1v) is 9.35. The molecule has 0 spiro atoms. The lowest BCUT2D eigenvalue weighted by atomic mass is 10.2. The molecular formula is C23H21N3O4. The molecule has 3 aromatic rings. The third-order valence-electron chi connectivity index (χ3n) is 4.05. The van der Waals surface area contributed by atoms with E-state index in [1.165, 1.54) is 0 Å². The molecule has 0 bridgehead atoms. The highest BCUT2D eigenvalue weighted by atomic mass is 16.5. The maximum Gasteiger partial charge on any atom is 0.250 e. The van der Waals surface area contributed by atoms with Crippen LogP contribution in [-0.2, 0) is 9.53 Å². The van der Waals surface area contributed by atoms with Crippen LogP contribution < -0.4 is 14.8 Å². The lowest BCUT2D eigenvalue weighted by Gasteiger charge is -2.12. The zero-order valence-corrected chi connectivity index (χ0v) is 16.5. The molecule has 0 aliphatic heterocycles. The molecule has 3 rings (SSSR count). The number of ether oxygens (including phenoxy) is 3. The number of nitrogens with one attached hydrogen (secondary N) is 1. The summed E-state index contributed by atoms with van der Waals surface area (Å²) in [5.41, 5.74) is 1.81. The van der Waals surface area contributed by atoms with Crippen LogP contribution in [0.3, 0.4) is 0 Å². The smallest absolute Gasteiger partial charge is 0.250 e. The molecule has 0 unspecified atom stereocenters. The quantitative estimate of drug-likeness (QED) is 0.541. The molecule has 30 heavy (non-hydrogen) atoms. The van der Waals surface area contributed by atoms with Crippen LogP contribution in [0.5, 0.6) is 17.4 Å². The number of rotatable bonds is 9. The highest BCUT2D eigenvalue weighted by Crippen LogP contribution is 2.26. The second kappa shape index (κ2) is 10.6. The molecule has 7 nitrogen and oxygen atoms in total. The number of hydrogen-bond donors (Lipinski definition) is 1. The van der Waals surface area contributed by atoms with E-state index in [0.29, 0.717) is 30.2 Å². The first-order chi connectivity index (χ1) is 14.7. The normalized spacial score (nSPS) is 10.1. The molecule has 0 aliphatic carbocycles. The van der Waals surface area contributed by atoms with Gasteiger partial charge in [0.1, 0.15) is 36.3 Å². The number of hydrogen-bond acceptors (Lipinski definition) is 6. The Morgan fingerprint density at radius 2 is 1.90 bits per heavy atom. The first kappa shape index (κ1) is 20.8. The number of carbonyl (C=O) groups is 1. The monoisotopic (exact) mass is 403 g/mol. The van der Waals surface area contributed by atoms with Crippen LogP contribution >= 0.6 is 0 Å².